The Morgan fingerprint density at radius 1 is 1.16 bits per heavy atom. The van der Waals surface area contributed by atoms with Crippen LogP contribution in [-0.4, -0.2) is 29.7 Å². The van der Waals surface area contributed by atoms with Crippen LogP contribution in [0.15, 0.2) is 54.6 Å². The number of alkyl halides is 3. The van der Waals surface area contributed by atoms with E-state index in [0.717, 1.165) is 12.1 Å². The minimum absolute atomic E-state index is 0.139. The van der Waals surface area contributed by atoms with Crippen molar-refractivity contribution in [2.24, 2.45) is 0 Å². The summed E-state index contributed by atoms with van der Waals surface area (Å²) in [5.74, 6) is 1.02. The molecule has 2 aromatic rings. The van der Waals surface area contributed by atoms with Crippen LogP contribution in [0.3, 0.4) is 0 Å². The Morgan fingerprint density at radius 3 is 2.64 bits per heavy atom. The SMILES string of the molecule is O=C(COc1ccccc1)N1CCSC1c1cccc(C(F)(F)F)c1. The minimum atomic E-state index is -4.40. The van der Waals surface area contributed by atoms with Crippen LogP contribution in [0.1, 0.15) is 16.5 Å². The molecule has 25 heavy (non-hydrogen) atoms. The standard InChI is InChI=1S/C18H16F3NO2S/c19-18(20,21)14-6-4-5-13(11-14)17-22(9-10-25-17)16(23)12-24-15-7-2-1-3-8-15/h1-8,11,17H,9-10,12H2. The molecule has 0 N–H and O–H groups in total. The third kappa shape index (κ3) is 4.28. The van der Waals surface area contributed by atoms with Gasteiger partial charge in [0, 0.05) is 12.3 Å². The van der Waals surface area contributed by atoms with Gasteiger partial charge in [0.25, 0.3) is 5.91 Å². The molecule has 1 saturated heterocycles. The normalized spacial score (nSPS) is 17.6. The van der Waals surface area contributed by atoms with E-state index in [1.165, 1.54) is 17.8 Å². The number of halogens is 3. The van der Waals surface area contributed by atoms with Crippen molar-refractivity contribution >= 4 is 17.7 Å². The highest BCUT2D eigenvalue weighted by molar-refractivity contribution is 7.99. The van der Waals surface area contributed by atoms with Gasteiger partial charge in [-0.15, -0.1) is 11.8 Å². The molecular formula is C18H16F3NO2S. The first-order valence-electron chi connectivity index (χ1n) is 7.71. The number of hydrogen-bond donors (Lipinski definition) is 0. The Hall–Kier alpha value is -2.15. The molecule has 1 fully saturated rings. The zero-order valence-corrected chi connectivity index (χ0v) is 14.0. The van der Waals surface area contributed by atoms with Gasteiger partial charge in [0.15, 0.2) is 6.61 Å². The Bertz CT molecular complexity index is 737. The number of benzene rings is 2. The van der Waals surface area contributed by atoms with E-state index in [2.05, 4.69) is 0 Å². The monoisotopic (exact) mass is 367 g/mol. The predicted molar refractivity (Wildman–Crippen MR) is 90.3 cm³/mol. The average Bonchev–Trinajstić information content (AvgIpc) is 3.10. The first-order chi connectivity index (χ1) is 11.9. The summed E-state index contributed by atoms with van der Waals surface area (Å²) >= 11 is 1.46. The summed E-state index contributed by atoms with van der Waals surface area (Å²) in [5.41, 5.74) is -0.226. The lowest BCUT2D eigenvalue weighted by Gasteiger charge is -2.24. The Labute approximate surface area is 147 Å². The third-order valence-electron chi connectivity index (χ3n) is 3.82. The number of hydrogen-bond acceptors (Lipinski definition) is 3. The van der Waals surface area contributed by atoms with Crippen molar-refractivity contribution < 1.29 is 22.7 Å². The maximum absolute atomic E-state index is 12.9. The van der Waals surface area contributed by atoms with Crippen LogP contribution in [0.5, 0.6) is 5.75 Å². The van der Waals surface area contributed by atoms with Crippen LogP contribution in [0, 0.1) is 0 Å². The number of carbonyl (C=O) groups is 1. The maximum Gasteiger partial charge on any atom is 0.416 e. The van der Waals surface area contributed by atoms with Gasteiger partial charge in [0.05, 0.1) is 5.56 Å². The fourth-order valence-corrected chi connectivity index (χ4v) is 3.88. The highest BCUT2D eigenvalue weighted by Gasteiger charge is 2.34. The van der Waals surface area contributed by atoms with Crippen LogP contribution in [0.2, 0.25) is 0 Å². The molecule has 3 rings (SSSR count). The van der Waals surface area contributed by atoms with Crippen molar-refractivity contribution in [3.63, 3.8) is 0 Å². The van der Waals surface area contributed by atoms with E-state index in [-0.39, 0.29) is 12.5 Å². The van der Waals surface area contributed by atoms with Crippen molar-refractivity contribution in [1.29, 1.82) is 0 Å². The van der Waals surface area contributed by atoms with Crippen LogP contribution in [0.4, 0.5) is 13.2 Å². The summed E-state index contributed by atoms with van der Waals surface area (Å²) in [6.07, 6.45) is -4.40. The smallest absolute Gasteiger partial charge is 0.416 e. The molecule has 1 aliphatic rings. The third-order valence-corrected chi connectivity index (χ3v) is 5.08. The molecule has 1 heterocycles. The van der Waals surface area contributed by atoms with Crippen molar-refractivity contribution in [2.45, 2.75) is 11.6 Å². The molecule has 1 amide bonds. The zero-order valence-electron chi connectivity index (χ0n) is 13.2. The number of rotatable bonds is 4. The first-order valence-corrected chi connectivity index (χ1v) is 8.76. The Morgan fingerprint density at radius 2 is 1.92 bits per heavy atom. The molecule has 0 saturated carbocycles. The lowest BCUT2D eigenvalue weighted by atomic mass is 10.1. The Kier molecular flexibility index (Phi) is 5.22. The number of amides is 1. The fraction of sp³-hybridized carbons (Fsp3) is 0.278. The molecule has 0 bridgehead atoms. The molecule has 132 valence electrons. The van der Waals surface area contributed by atoms with E-state index < -0.39 is 17.1 Å². The lowest BCUT2D eigenvalue weighted by molar-refractivity contribution is -0.137. The first kappa shape index (κ1) is 17.7. The van der Waals surface area contributed by atoms with Crippen molar-refractivity contribution in [2.75, 3.05) is 18.9 Å². The van der Waals surface area contributed by atoms with Crippen LogP contribution in [0.25, 0.3) is 0 Å². The molecule has 1 unspecified atom stereocenters. The molecule has 2 aromatic carbocycles. The molecule has 0 spiro atoms. The summed E-state index contributed by atoms with van der Waals surface area (Å²) in [6.45, 7) is 0.350. The molecule has 1 aliphatic heterocycles. The van der Waals surface area contributed by atoms with Gasteiger partial charge in [-0.1, -0.05) is 30.3 Å². The molecule has 0 radical (unpaired) electrons. The highest BCUT2D eigenvalue weighted by Crippen LogP contribution is 2.40. The summed E-state index contributed by atoms with van der Waals surface area (Å²) < 4.78 is 44.2. The number of ether oxygens (including phenoxy) is 1. The van der Waals surface area contributed by atoms with E-state index in [9.17, 15) is 18.0 Å². The lowest BCUT2D eigenvalue weighted by Crippen LogP contribution is -2.34. The molecule has 0 aliphatic carbocycles. The van der Waals surface area contributed by atoms with Gasteiger partial charge in [0.2, 0.25) is 0 Å². The second-order valence-electron chi connectivity index (χ2n) is 5.54. The largest absolute Gasteiger partial charge is 0.484 e. The zero-order chi connectivity index (χ0) is 17.9. The Balaban J connectivity index is 1.71. The summed E-state index contributed by atoms with van der Waals surface area (Å²) in [4.78, 5) is 14.0. The van der Waals surface area contributed by atoms with Crippen molar-refractivity contribution in [3.8, 4) is 5.75 Å². The summed E-state index contributed by atoms with van der Waals surface area (Å²) in [6, 6.07) is 14.1. The van der Waals surface area contributed by atoms with E-state index >= 15 is 0 Å². The van der Waals surface area contributed by atoms with E-state index in [4.69, 9.17) is 4.74 Å². The van der Waals surface area contributed by atoms with Crippen molar-refractivity contribution in [3.05, 3.63) is 65.7 Å². The molecule has 0 aromatic heterocycles. The van der Waals surface area contributed by atoms with Crippen molar-refractivity contribution in [1.82, 2.24) is 4.90 Å². The summed E-state index contributed by atoms with van der Waals surface area (Å²) in [7, 11) is 0. The quantitative estimate of drug-likeness (QED) is 0.804. The highest BCUT2D eigenvalue weighted by atomic mass is 32.2. The van der Waals surface area contributed by atoms with E-state index in [1.807, 2.05) is 6.07 Å². The molecule has 7 heteroatoms. The van der Waals surface area contributed by atoms with Gasteiger partial charge < -0.3 is 9.64 Å². The van der Waals surface area contributed by atoms with Gasteiger partial charge in [-0.2, -0.15) is 13.2 Å². The van der Waals surface area contributed by atoms with Crippen LogP contribution < -0.4 is 4.74 Å². The van der Waals surface area contributed by atoms with E-state index in [0.29, 0.717) is 23.6 Å². The molecule has 1 atom stereocenters. The van der Waals surface area contributed by atoms with Gasteiger partial charge >= 0.3 is 6.18 Å². The predicted octanol–water partition coefficient (Wildman–Crippen LogP) is 4.36. The maximum atomic E-state index is 12.9. The number of para-hydroxylation sites is 1. The van der Waals surface area contributed by atoms with Crippen LogP contribution >= 0.6 is 11.8 Å². The second kappa shape index (κ2) is 7.39. The molecular weight excluding hydrogens is 351 g/mol. The summed E-state index contributed by atoms with van der Waals surface area (Å²) in [5, 5.41) is -0.422. The van der Waals surface area contributed by atoms with Crippen LogP contribution in [-0.2, 0) is 11.0 Å². The molecule has 3 nitrogen and oxygen atoms in total. The van der Waals surface area contributed by atoms with Gasteiger partial charge in [-0.05, 0) is 29.8 Å². The van der Waals surface area contributed by atoms with Gasteiger partial charge in [0.1, 0.15) is 11.1 Å². The number of nitrogens with zero attached hydrogens (tertiary/aromatic N) is 1. The minimum Gasteiger partial charge on any atom is -0.484 e. The topological polar surface area (TPSA) is 29.5 Å². The fourth-order valence-electron chi connectivity index (χ4n) is 2.61. The van der Waals surface area contributed by atoms with Gasteiger partial charge in [-0.3, -0.25) is 4.79 Å². The second-order valence-corrected chi connectivity index (χ2v) is 6.72. The number of thioether (sulfide) groups is 1. The van der Waals surface area contributed by atoms with Gasteiger partial charge in [-0.25, -0.2) is 0 Å². The average molecular weight is 367 g/mol. The number of carbonyl (C=O) groups excluding carboxylic acids is 1. The van der Waals surface area contributed by atoms with E-state index in [1.54, 1.807) is 35.2 Å².